The van der Waals surface area contributed by atoms with E-state index in [0.29, 0.717) is 5.56 Å². The molecule has 14 heavy (non-hydrogen) atoms. The van der Waals surface area contributed by atoms with Gasteiger partial charge in [0.25, 0.3) is 5.91 Å². The molecule has 2 N–H and O–H groups in total. The number of hydrogen-bond acceptors (Lipinski definition) is 3. The molecule has 1 aromatic rings. The lowest BCUT2D eigenvalue weighted by Gasteiger charge is -2.06. The second-order valence-electron chi connectivity index (χ2n) is 2.95. The Morgan fingerprint density at radius 2 is 2.43 bits per heavy atom. The molecule has 0 saturated heterocycles. The largest absolute Gasteiger partial charge is 0.392 e. The quantitative estimate of drug-likeness (QED) is 0.849. The maximum absolute atomic E-state index is 11.4. The molecule has 4 nitrogen and oxygen atoms in total. The van der Waals surface area contributed by atoms with Crippen LogP contribution in [0.2, 0.25) is 0 Å². The summed E-state index contributed by atoms with van der Waals surface area (Å²) in [6, 6.07) is 1.67. The number of hydrogen-bond donors (Lipinski definition) is 2. The Bertz CT molecular complexity index is 328. The lowest BCUT2D eigenvalue weighted by atomic mass is 10.2. The summed E-state index contributed by atoms with van der Waals surface area (Å²) in [5.41, 5.74) is 0.472. The first-order chi connectivity index (χ1) is 6.59. The monoisotopic (exact) mass is 258 g/mol. The van der Waals surface area contributed by atoms with Crippen LogP contribution in [-0.2, 0) is 0 Å². The number of carbonyl (C=O) groups excluding carboxylic acids is 1. The van der Waals surface area contributed by atoms with Crippen LogP contribution >= 0.6 is 15.9 Å². The smallest absolute Gasteiger partial charge is 0.252 e. The van der Waals surface area contributed by atoms with Crippen molar-refractivity contribution in [1.82, 2.24) is 10.3 Å². The zero-order chi connectivity index (χ0) is 10.6. The van der Waals surface area contributed by atoms with Gasteiger partial charge in [0.05, 0.1) is 11.7 Å². The molecule has 76 valence electrons. The van der Waals surface area contributed by atoms with Crippen LogP contribution in [0.5, 0.6) is 0 Å². The highest BCUT2D eigenvalue weighted by molar-refractivity contribution is 9.10. The molecule has 0 saturated carbocycles. The van der Waals surface area contributed by atoms with Crippen LogP contribution in [0, 0.1) is 0 Å². The van der Waals surface area contributed by atoms with Gasteiger partial charge in [0.15, 0.2) is 0 Å². The zero-order valence-corrected chi connectivity index (χ0v) is 9.28. The number of rotatable bonds is 3. The predicted octanol–water partition coefficient (Wildman–Crippen LogP) is 0.955. The molecule has 0 radical (unpaired) electrons. The van der Waals surface area contributed by atoms with Crippen LogP contribution in [0.4, 0.5) is 0 Å². The third-order valence-electron chi connectivity index (χ3n) is 1.53. The number of pyridine rings is 1. The second kappa shape index (κ2) is 5.07. The van der Waals surface area contributed by atoms with Gasteiger partial charge in [0, 0.05) is 23.4 Å². The van der Waals surface area contributed by atoms with Gasteiger partial charge in [-0.15, -0.1) is 0 Å². The van der Waals surface area contributed by atoms with Crippen molar-refractivity contribution in [3.63, 3.8) is 0 Å². The number of nitrogens with one attached hydrogen (secondary N) is 1. The minimum atomic E-state index is -0.543. The fourth-order valence-corrected chi connectivity index (χ4v) is 1.24. The summed E-state index contributed by atoms with van der Waals surface area (Å²) in [5, 5.41) is 11.5. The molecule has 0 fully saturated rings. The molecular weight excluding hydrogens is 248 g/mol. The molecular formula is C9H11BrN2O2. The second-order valence-corrected chi connectivity index (χ2v) is 3.87. The average Bonchev–Trinajstić information content (AvgIpc) is 2.14. The Kier molecular flexibility index (Phi) is 4.03. The lowest BCUT2D eigenvalue weighted by Crippen LogP contribution is -2.30. The number of amides is 1. The first-order valence-electron chi connectivity index (χ1n) is 4.16. The van der Waals surface area contributed by atoms with Gasteiger partial charge < -0.3 is 10.4 Å². The minimum absolute atomic E-state index is 0.236. The van der Waals surface area contributed by atoms with Crippen LogP contribution in [0.25, 0.3) is 0 Å². The van der Waals surface area contributed by atoms with Crippen molar-refractivity contribution in [1.29, 1.82) is 0 Å². The molecule has 0 aromatic carbocycles. The van der Waals surface area contributed by atoms with Gasteiger partial charge in [-0.3, -0.25) is 9.78 Å². The van der Waals surface area contributed by atoms with E-state index in [1.165, 1.54) is 6.20 Å². The summed E-state index contributed by atoms with van der Waals surface area (Å²) >= 11 is 3.22. The van der Waals surface area contributed by atoms with E-state index in [4.69, 9.17) is 5.11 Å². The van der Waals surface area contributed by atoms with E-state index in [1.54, 1.807) is 19.2 Å². The molecule has 1 atom stereocenters. The van der Waals surface area contributed by atoms with Gasteiger partial charge >= 0.3 is 0 Å². The predicted molar refractivity (Wildman–Crippen MR) is 56.0 cm³/mol. The standard InChI is InChI=1S/C9H11BrN2O2/c1-6(13)3-12-9(14)7-2-8(10)5-11-4-7/h2,4-6,13H,3H2,1H3,(H,12,14)/t6-/m0/s1. The van der Waals surface area contributed by atoms with Crippen molar-refractivity contribution in [3.05, 3.63) is 28.5 Å². The Labute approximate surface area is 90.5 Å². The van der Waals surface area contributed by atoms with Crippen LogP contribution in [-0.4, -0.2) is 28.6 Å². The Hall–Kier alpha value is -0.940. The average molecular weight is 259 g/mol. The van der Waals surface area contributed by atoms with Gasteiger partial charge in [-0.1, -0.05) is 0 Å². The van der Waals surface area contributed by atoms with Crippen molar-refractivity contribution in [3.8, 4) is 0 Å². The third kappa shape index (κ3) is 3.43. The molecule has 0 aliphatic carbocycles. The van der Waals surface area contributed by atoms with Crippen molar-refractivity contribution in [2.45, 2.75) is 13.0 Å². The molecule has 0 aliphatic rings. The fraction of sp³-hybridized carbons (Fsp3) is 0.333. The van der Waals surface area contributed by atoms with Crippen LogP contribution in [0.3, 0.4) is 0 Å². The molecule has 0 unspecified atom stereocenters. The van der Waals surface area contributed by atoms with E-state index in [1.807, 2.05) is 0 Å². The maximum atomic E-state index is 11.4. The van der Waals surface area contributed by atoms with E-state index in [-0.39, 0.29) is 12.5 Å². The van der Waals surface area contributed by atoms with Crippen molar-refractivity contribution >= 4 is 21.8 Å². The highest BCUT2D eigenvalue weighted by Crippen LogP contribution is 2.09. The summed E-state index contributed by atoms with van der Waals surface area (Å²) in [5.74, 6) is -0.236. The number of aliphatic hydroxyl groups excluding tert-OH is 1. The minimum Gasteiger partial charge on any atom is -0.392 e. The highest BCUT2D eigenvalue weighted by atomic mass is 79.9. The first-order valence-corrected chi connectivity index (χ1v) is 4.95. The topological polar surface area (TPSA) is 62.2 Å². The zero-order valence-electron chi connectivity index (χ0n) is 7.70. The highest BCUT2D eigenvalue weighted by Gasteiger charge is 2.06. The number of nitrogens with zero attached hydrogens (tertiary/aromatic N) is 1. The number of carbonyl (C=O) groups is 1. The number of halogens is 1. The Morgan fingerprint density at radius 3 is 3.00 bits per heavy atom. The summed E-state index contributed by atoms with van der Waals surface area (Å²) < 4.78 is 0.752. The first kappa shape index (κ1) is 11.1. The molecule has 1 heterocycles. The van der Waals surface area contributed by atoms with Crippen LogP contribution in [0.1, 0.15) is 17.3 Å². The Morgan fingerprint density at radius 1 is 1.71 bits per heavy atom. The van der Waals surface area contributed by atoms with Gasteiger partial charge in [-0.05, 0) is 28.9 Å². The van der Waals surface area contributed by atoms with Gasteiger partial charge in [-0.25, -0.2) is 0 Å². The SMILES string of the molecule is C[C@H](O)CNC(=O)c1cncc(Br)c1. The maximum Gasteiger partial charge on any atom is 0.252 e. The molecule has 1 aromatic heterocycles. The summed E-state index contributed by atoms with van der Waals surface area (Å²) in [4.78, 5) is 15.3. The van der Waals surface area contributed by atoms with E-state index in [9.17, 15) is 4.79 Å². The van der Waals surface area contributed by atoms with Gasteiger partial charge in [-0.2, -0.15) is 0 Å². The lowest BCUT2D eigenvalue weighted by molar-refractivity contribution is 0.0923. The van der Waals surface area contributed by atoms with Crippen LogP contribution < -0.4 is 5.32 Å². The third-order valence-corrected chi connectivity index (χ3v) is 1.96. The van der Waals surface area contributed by atoms with Crippen molar-refractivity contribution < 1.29 is 9.90 Å². The van der Waals surface area contributed by atoms with Crippen molar-refractivity contribution in [2.24, 2.45) is 0 Å². The molecule has 1 rings (SSSR count). The molecule has 0 aliphatic heterocycles. The summed E-state index contributed by atoms with van der Waals surface area (Å²) in [6.45, 7) is 1.85. The molecule has 5 heteroatoms. The van der Waals surface area contributed by atoms with E-state index in [2.05, 4.69) is 26.2 Å². The number of aromatic nitrogens is 1. The summed E-state index contributed by atoms with van der Waals surface area (Å²) in [7, 11) is 0. The van der Waals surface area contributed by atoms with Gasteiger partial charge in [0.1, 0.15) is 0 Å². The van der Waals surface area contributed by atoms with Crippen molar-refractivity contribution in [2.75, 3.05) is 6.54 Å². The summed E-state index contributed by atoms with van der Waals surface area (Å²) in [6.07, 6.45) is 2.53. The molecule has 0 bridgehead atoms. The normalized spacial score (nSPS) is 12.2. The molecule has 1 amide bonds. The van der Waals surface area contributed by atoms with Gasteiger partial charge in [0.2, 0.25) is 0 Å². The van der Waals surface area contributed by atoms with E-state index >= 15 is 0 Å². The number of aliphatic hydroxyl groups is 1. The van der Waals surface area contributed by atoms with E-state index < -0.39 is 6.10 Å². The van der Waals surface area contributed by atoms with E-state index in [0.717, 1.165) is 4.47 Å². The Balaban J connectivity index is 2.61. The fourth-order valence-electron chi connectivity index (χ4n) is 0.879. The van der Waals surface area contributed by atoms with Crippen LogP contribution in [0.15, 0.2) is 22.9 Å². The molecule has 0 spiro atoms.